The minimum absolute atomic E-state index is 0.0558. The molecule has 1 heterocycles. The molecule has 3 N–H and O–H groups in total. The van der Waals surface area contributed by atoms with Gasteiger partial charge in [0.15, 0.2) is 0 Å². The van der Waals surface area contributed by atoms with E-state index in [2.05, 4.69) is 21.0 Å². The summed E-state index contributed by atoms with van der Waals surface area (Å²) in [5.74, 6) is -2.21. The molecule has 108 valence electrons. The van der Waals surface area contributed by atoms with E-state index in [0.29, 0.717) is 0 Å². The SMILES string of the molecule is COCCn1ncc(Br)c1C(N)(C(=O)O)C(F)(F)F. The largest absolute Gasteiger partial charge is 0.479 e. The number of hydrogen-bond acceptors (Lipinski definition) is 4. The first-order valence-corrected chi connectivity index (χ1v) is 5.75. The van der Waals surface area contributed by atoms with Gasteiger partial charge in [0.25, 0.3) is 5.54 Å². The van der Waals surface area contributed by atoms with Crippen LogP contribution in [-0.4, -0.2) is 40.7 Å². The Morgan fingerprint density at radius 2 is 2.21 bits per heavy atom. The lowest BCUT2D eigenvalue weighted by atomic mass is 9.95. The molecule has 0 fully saturated rings. The molecule has 1 aromatic rings. The minimum Gasteiger partial charge on any atom is -0.479 e. The van der Waals surface area contributed by atoms with Crippen molar-refractivity contribution < 1.29 is 27.8 Å². The number of rotatable bonds is 5. The average molecular weight is 346 g/mol. The highest BCUT2D eigenvalue weighted by Crippen LogP contribution is 2.40. The second-order valence-corrected chi connectivity index (χ2v) is 4.52. The van der Waals surface area contributed by atoms with Gasteiger partial charge in [0.05, 0.1) is 29.5 Å². The first-order chi connectivity index (χ1) is 8.66. The van der Waals surface area contributed by atoms with Crippen molar-refractivity contribution in [1.82, 2.24) is 9.78 Å². The number of ether oxygens (including phenoxy) is 1. The van der Waals surface area contributed by atoms with Crippen LogP contribution in [0.4, 0.5) is 13.2 Å². The number of alkyl halides is 3. The topological polar surface area (TPSA) is 90.4 Å². The third-order valence-corrected chi connectivity index (χ3v) is 3.04. The van der Waals surface area contributed by atoms with Gasteiger partial charge in [-0.05, 0) is 15.9 Å². The molecular weight excluding hydrogens is 335 g/mol. The van der Waals surface area contributed by atoms with Crippen LogP contribution in [0.3, 0.4) is 0 Å². The zero-order valence-electron chi connectivity index (χ0n) is 9.74. The highest BCUT2D eigenvalue weighted by atomic mass is 79.9. The van der Waals surface area contributed by atoms with Crippen molar-refractivity contribution in [3.63, 3.8) is 0 Å². The number of carboxylic acid groups (broad SMARTS) is 1. The number of hydrogen-bond donors (Lipinski definition) is 2. The lowest BCUT2D eigenvalue weighted by Gasteiger charge is -2.28. The van der Waals surface area contributed by atoms with Crippen molar-refractivity contribution >= 4 is 21.9 Å². The summed E-state index contributed by atoms with van der Waals surface area (Å²) in [5, 5.41) is 12.5. The summed E-state index contributed by atoms with van der Waals surface area (Å²) in [6, 6.07) is 0. The number of aliphatic carboxylic acids is 1. The highest BCUT2D eigenvalue weighted by molar-refractivity contribution is 9.10. The van der Waals surface area contributed by atoms with Gasteiger partial charge in [-0.15, -0.1) is 0 Å². The van der Waals surface area contributed by atoms with Crippen LogP contribution in [0.1, 0.15) is 5.69 Å². The first-order valence-electron chi connectivity index (χ1n) is 4.96. The van der Waals surface area contributed by atoms with E-state index in [1.807, 2.05) is 0 Å². The van der Waals surface area contributed by atoms with Crippen molar-refractivity contribution in [3.8, 4) is 0 Å². The molecule has 0 aromatic carbocycles. The van der Waals surface area contributed by atoms with Gasteiger partial charge in [0.1, 0.15) is 0 Å². The molecule has 1 unspecified atom stereocenters. The maximum atomic E-state index is 13.0. The Kier molecular flexibility index (Phi) is 4.59. The van der Waals surface area contributed by atoms with Gasteiger partial charge in [-0.3, -0.25) is 4.68 Å². The molecule has 0 saturated heterocycles. The second-order valence-electron chi connectivity index (χ2n) is 3.67. The van der Waals surface area contributed by atoms with Crippen LogP contribution >= 0.6 is 15.9 Å². The Morgan fingerprint density at radius 3 is 2.63 bits per heavy atom. The molecule has 10 heteroatoms. The number of carboxylic acids is 1. The Balaban J connectivity index is 3.39. The van der Waals surface area contributed by atoms with Gasteiger partial charge >= 0.3 is 12.1 Å². The Hall–Kier alpha value is -1.13. The van der Waals surface area contributed by atoms with Crippen molar-refractivity contribution in [2.45, 2.75) is 18.3 Å². The Labute approximate surface area is 114 Å². The van der Waals surface area contributed by atoms with Crippen LogP contribution < -0.4 is 5.73 Å². The second kappa shape index (κ2) is 5.47. The highest BCUT2D eigenvalue weighted by Gasteiger charge is 2.62. The molecule has 1 aromatic heterocycles. The van der Waals surface area contributed by atoms with E-state index in [4.69, 9.17) is 15.6 Å². The summed E-state index contributed by atoms with van der Waals surface area (Å²) in [6.07, 6.45) is -4.12. The Morgan fingerprint density at radius 1 is 1.63 bits per heavy atom. The fourth-order valence-corrected chi connectivity index (χ4v) is 2.07. The van der Waals surface area contributed by atoms with E-state index in [1.54, 1.807) is 0 Å². The quantitative estimate of drug-likeness (QED) is 0.833. The number of carbonyl (C=O) groups is 1. The standard InChI is InChI=1S/C9H11BrF3N3O3/c1-19-3-2-16-6(5(10)4-15-16)8(14,7(17)18)9(11,12)13/h4H,2-3,14H2,1H3,(H,17,18). The van der Waals surface area contributed by atoms with Crippen LogP contribution in [0.2, 0.25) is 0 Å². The van der Waals surface area contributed by atoms with Crippen molar-refractivity contribution in [3.05, 3.63) is 16.4 Å². The van der Waals surface area contributed by atoms with E-state index in [0.717, 1.165) is 10.9 Å². The molecule has 6 nitrogen and oxygen atoms in total. The van der Waals surface area contributed by atoms with Gasteiger partial charge in [-0.2, -0.15) is 18.3 Å². The molecule has 1 atom stereocenters. The van der Waals surface area contributed by atoms with Crippen LogP contribution in [0.15, 0.2) is 10.7 Å². The fourth-order valence-electron chi connectivity index (χ4n) is 1.46. The van der Waals surface area contributed by atoms with E-state index >= 15 is 0 Å². The fraction of sp³-hybridized carbons (Fsp3) is 0.556. The summed E-state index contributed by atoms with van der Waals surface area (Å²) in [7, 11) is 1.36. The van der Waals surface area contributed by atoms with Crippen molar-refractivity contribution in [2.75, 3.05) is 13.7 Å². The van der Waals surface area contributed by atoms with E-state index in [-0.39, 0.29) is 17.6 Å². The van der Waals surface area contributed by atoms with Gasteiger partial charge in [-0.25, -0.2) is 4.79 Å². The molecular formula is C9H11BrF3N3O3. The predicted octanol–water partition coefficient (Wildman–Crippen LogP) is 1.09. The zero-order chi connectivity index (χ0) is 14.8. The van der Waals surface area contributed by atoms with E-state index in [1.165, 1.54) is 7.11 Å². The van der Waals surface area contributed by atoms with Gasteiger partial charge in [0, 0.05) is 7.11 Å². The number of nitrogens with zero attached hydrogens (tertiary/aromatic N) is 2. The summed E-state index contributed by atoms with van der Waals surface area (Å²) < 4.78 is 44.5. The van der Waals surface area contributed by atoms with Crippen molar-refractivity contribution in [1.29, 1.82) is 0 Å². The number of halogens is 4. The first kappa shape index (κ1) is 15.9. The zero-order valence-corrected chi connectivity index (χ0v) is 11.3. The van der Waals surface area contributed by atoms with E-state index in [9.17, 15) is 18.0 Å². The molecule has 0 aliphatic carbocycles. The molecule has 0 bridgehead atoms. The lowest BCUT2D eigenvalue weighted by molar-refractivity contribution is -0.206. The van der Waals surface area contributed by atoms with Crippen LogP contribution in [0.5, 0.6) is 0 Å². The van der Waals surface area contributed by atoms with Crippen LogP contribution in [0.25, 0.3) is 0 Å². The molecule has 1 rings (SSSR count). The summed E-state index contributed by atoms with van der Waals surface area (Å²) in [6.45, 7) is 0.00835. The van der Waals surface area contributed by atoms with Crippen LogP contribution in [-0.2, 0) is 21.6 Å². The number of nitrogens with two attached hydrogens (primary N) is 1. The molecule has 19 heavy (non-hydrogen) atoms. The molecule has 0 radical (unpaired) electrons. The smallest absolute Gasteiger partial charge is 0.423 e. The molecule has 0 aliphatic rings. The van der Waals surface area contributed by atoms with Crippen molar-refractivity contribution in [2.24, 2.45) is 5.73 Å². The molecule has 0 spiro atoms. The monoisotopic (exact) mass is 345 g/mol. The summed E-state index contributed by atoms with van der Waals surface area (Å²) in [4.78, 5) is 11.0. The molecule has 0 aliphatic heterocycles. The predicted molar refractivity (Wildman–Crippen MR) is 61.4 cm³/mol. The van der Waals surface area contributed by atoms with Gasteiger partial charge in [-0.1, -0.05) is 0 Å². The maximum absolute atomic E-state index is 13.0. The lowest BCUT2D eigenvalue weighted by Crippen LogP contribution is -2.58. The van der Waals surface area contributed by atoms with Crippen LogP contribution in [0, 0.1) is 0 Å². The third kappa shape index (κ3) is 2.74. The van der Waals surface area contributed by atoms with Gasteiger partial charge < -0.3 is 15.6 Å². The van der Waals surface area contributed by atoms with Gasteiger partial charge in [0.2, 0.25) is 0 Å². The molecule has 0 saturated carbocycles. The summed E-state index contributed by atoms with van der Waals surface area (Å²) >= 11 is 2.84. The summed E-state index contributed by atoms with van der Waals surface area (Å²) in [5.41, 5.74) is 0.879. The molecule has 0 amide bonds. The number of aromatic nitrogens is 2. The van der Waals surface area contributed by atoms with E-state index < -0.39 is 23.4 Å². The average Bonchev–Trinajstić information content (AvgIpc) is 2.65. The maximum Gasteiger partial charge on any atom is 0.423 e. The minimum atomic E-state index is -5.17. The third-order valence-electron chi connectivity index (χ3n) is 2.46. The number of methoxy groups -OCH3 is 1. The Bertz CT molecular complexity index is 477. The normalized spacial score (nSPS) is 15.3.